The number of benzene rings is 1. The van der Waals surface area contributed by atoms with E-state index in [0.29, 0.717) is 10.8 Å². The molecule has 20 heavy (non-hydrogen) atoms. The van der Waals surface area contributed by atoms with Crippen molar-refractivity contribution < 1.29 is 4.79 Å². The van der Waals surface area contributed by atoms with Gasteiger partial charge in [0.15, 0.2) is 5.82 Å². The molecule has 3 rings (SSSR count). The number of amides is 2. The molecule has 7 heteroatoms. The highest BCUT2D eigenvalue weighted by Gasteiger charge is 2.23. The molecule has 1 aromatic carbocycles. The highest BCUT2D eigenvalue weighted by Crippen LogP contribution is 2.32. The summed E-state index contributed by atoms with van der Waals surface area (Å²) in [5, 5.41) is 10.2. The summed E-state index contributed by atoms with van der Waals surface area (Å²) < 4.78 is 1.87. The van der Waals surface area contributed by atoms with E-state index in [1.165, 1.54) is 0 Å². The molecule has 1 aliphatic rings. The van der Waals surface area contributed by atoms with E-state index in [0.717, 1.165) is 24.6 Å². The number of anilines is 3. The molecular formula is C13H14ClN5O. The Morgan fingerprint density at radius 1 is 1.30 bits per heavy atom. The van der Waals surface area contributed by atoms with Crippen molar-refractivity contribution in [3.05, 3.63) is 35.4 Å². The lowest BCUT2D eigenvalue weighted by Crippen LogP contribution is -2.24. The van der Waals surface area contributed by atoms with Gasteiger partial charge in [-0.15, -0.1) is 0 Å². The van der Waals surface area contributed by atoms with Crippen molar-refractivity contribution in [1.29, 1.82) is 0 Å². The minimum Gasteiger partial charge on any atom is -0.341 e. The number of fused-ring (bicyclic) bond motifs is 1. The first-order valence-corrected chi connectivity index (χ1v) is 6.65. The van der Waals surface area contributed by atoms with Gasteiger partial charge in [0, 0.05) is 30.4 Å². The Labute approximate surface area is 121 Å². The zero-order valence-corrected chi connectivity index (χ0v) is 11.7. The van der Waals surface area contributed by atoms with Crippen LogP contribution in [0.1, 0.15) is 0 Å². The molecule has 1 aliphatic heterocycles. The molecular weight excluding hydrogens is 278 g/mol. The number of urea groups is 1. The second-order valence-corrected chi connectivity index (χ2v) is 4.88. The standard InChI is InChI=1S/C13H14ClN5O/c1-15-13(20)16-11-8-12-18(6-7-19(12)17-11)10-4-2-9(14)3-5-10/h2-5,8H,6-7H2,1H3,(H2,15,16,17,20). The highest BCUT2D eigenvalue weighted by molar-refractivity contribution is 6.30. The summed E-state index contributed by atoms with van der Waals surface area (Å²) in [7, 11) is 1.57. The number of nitrogens with one attached hydrogen (secondary N) is 2. The molecule has 6 nitrogen and oxygen atoms in total. The van der Waals surface area contributed by atoms with Gasteiger partial charge in [0.05, 0.1) is 6.54 Å². The van der Waals surface area contributed by atoms with E-state index in [1.54, 1.807) is 7.05 Å². The first-order valence-electron chi connectivity index (χ1n) is 6.27. The first kappa shape index (κ1) is 12.8. The molecule has 0 saturated heterocycles. The maximum absolute atomic E-state index is 11.3. The van der Waals surface area contributed by atoms with Crippen LogP contribution in [0.25, 0.3) is 0 Å². The van der Waals surface area contributed by atoms with Crippen LogP contribution in [0, 0.1) is 0 Å². The second kappa shape index (κ2) is 5.05. The van der Waals surface area contributed by atoms with E-state index in [1.807, 2.05) is 35.0 Å². The summed E-state index contributed by atoms with van der Waals surface area (Å²) in [4.78, 5) is 13.4. The average Bonchev–Trinajstić information content (AvgIpc) is 2.99. The number of hydrogen-bond acceptors (Lipinski definition) is 3. The number of halogens is 1. The molecule has 0 bridgehead atoms. The Balaban J connectivity index is 1.86. The van der Waals surface area contributed by atoms with Crippen LogP contribution in [0.4, 0.5) is 22.1 Å². The van der Waals surface area contributed by atoms with Gasteiger partial charge in [-0.3, -0.25) is 5.32 Å². The molecule has 2 amide bonds. The van der Waals surface area contributed by atoms with Gasteiger partial charge in [0.2, 0.25) is 0 Å². The maximum Gasteiger partial charge on any atom is 0.320 e. The summed E-state index contributed by atoms with van der Waals surface area (Å²) in [6, 6.07) is 9.24. The first-order chi connectivity index (χ1) is 9.67. The van der Waals surface area contributed by atoms with Crippen molar-refractivity contribution in [1.82, 2.24) is 15.1 Å². The van der Waals surface area contributed by atoms with Crippen molar-refractivity contribution in [3.63, 3.8) is 0 Å². The van der Waals surface area contributed by atoms with Gasteiger partial charge in [-0.2, -0.15) is 5.10 Å². The van der Waals surface area contributed by atoms with Crippen LogP contribution in [0.5, 0.6) is 0 Å². The minimum atomic E-state index is -0.278. The number of carbonyl (C=O) groups is 1. The van der Waals surface area contributed by atoms with E-state index in [2.05, 4.69) is 20.6 Å². The van der Waals surface area contributed by atoms with Crippen LogP contribution in [0.15, 0.2) is 30.3 Å². The normalized spacial score (nSPS) is 13.2. The fraction of sp³-hybridized carbons (Fsp3) is 0.231. The lowest BCUT2D eigenvalue weighted by molar-refractivity contribution is 0.254. The number of aromatic nitrogens is 2. The Hall–Kier alpha value is -2.21. The minimum absolute atomic E-state index is 0.278. The van der Waals surface area contributed by atoms with Gasteiger partial charge >= 0.3 is 6.03 Å². The van der Waals surface area contributed by atoms with Crippen molar-refractivity contribution in [2.45, 2.75) is 6.54 Å². The van der Waals surface area contributed by atoms with Crippen LogP contribution in [0.3, 0.4) is 0 Å². The summed E-state index contributed by atoms with van der Waals surface area (Å²) >= 11 is 5.91. The SMILES string of the molecule is CNC(=O)Nc1cc2n(n1)CCN2c1ccc(Cl)cc1. The number of rotatable bonds is 2. The Morgan fingerprint density at radius 2 is 2.05 bits per heavy atom. The third-order valence-corrected chi connectivity index (χ3v) is 3.43. The van der Waals surface area contributed by atoms with Gasteiger partial charge in [0.25, 0.3) is 0 Å². The molecule has 2 N–H and O–H groups in total. The predicted octanol–water partition coefficient (Wildman–Crippen LogP) is 2.44. The lowest BCUT2D eigenvalue weighted by Gasteiger charge is -2.16. The van der Waals surface area contributed by atoms with Gasteiger partial charge in [0.1, 0.15) is 5.82 Å². The molecule has 0 fully saturated rings. The highest BCUT2D eigenvalue weighted by atomic mass is 35.5. The third-order valence-electron chi connectivity index (χ3n) is 3.18. The molecule has 2 heterocycles. The molecule has 0 radical (unpaired) electrons. The number of hydrogen-bond donors (Lipinski definition) is 2. The molecule has 2 aromatic rings. The van der Waals surface area contributed by atoms with Gasteiger partial charge in [-0.25, -0.2) is 9.48 Å². The van der Waals surface area contributed by atoms with Crippen LogP contribution in [-0.4, -0.2) is 29.4 Å². The Kier molecular flexibility index (Phi) is 3.23. The topological polar surface area (TPSA) is 62.2 Å². The Bertz CT molecular complexity index is 637. The van der Waals surface area contributed by atoms with E-state index in [4.69, 9.17) is 11.6 Å². The summed E-state index contributed by atoms with van der Waals surface area (Å²) in [5.74, 6) is 1.50. The molecule has 0 saturated carbocycles. The summed E-state index contributed by atoms with van der Waals surface area (Å²) in [5.41, 5.74) is 1.06. The maximum atomic E-state index is 11.3. The van der Waals surface area contributed by atoms with Crippen molar-refractivity contribution in [2.24, 2.45) is 0 Å². The van der Waals surface area contributed by atoms with E-state index < -0.39 is 0 Å². The smallest absolute Gasteiger partial charge is 0.320 e. The molecule has 0 aliphatic carbocycles. The zero-order valence-electron chi connectivity index (χ0n) is 10.9. The molecule has 104 valence electrons. The fourth-order valence-corrected chi connectivity index (χ4v) is 2.35. The van der Waals surface area contributed by atoms with Crippen molar-refractivity contribution in [2.75, 3.05) is 23.8 Å². The zero-order chi connectivity index (χ0) is 14.1. The fourth-order valence-electron chi connectivity index (χ4n) is 2.22. The quantitative estimate of drug-likeness (QED) is 0.893. The van der Waals surface area contributed by atoms with Crippen LogP contribution in [0.2, 0.25) is 5.02 Å². The molecule has 0 unspecified atom stereocenters. The Morgan fingerprint density at radius 3 is 2.75 bits per heavy atom. The summed E-state index contributed by atoms with van der Waals surface area (Å²) in [6.07, 6.45) is 0. The van der Waals surface area contributed by atoms with E-state index in [-0.39, 0.29) is 6.03 Å². The molecule has 0 atom stereocenters. The van der Waals surface area contributed by atoms with Gasteiger partial charge in [-0.1, -0.05) is 11.6 Å². The molecule has 0 spiro atoms. The van der Waals surface area contributed by atoms with E-state index >= 15 is 0 Å². The van der Waals surface area contributed by atoms with Gasteiger partial charge < -0.3 is 10.2 Å². The van der Waals surface area contributed by atoms with E-state index in [9.17, 15) is 4.79 Å². The van der Waals surface area contributed by atoms with Crippen LogP contribution >= 0.6 is 11.6 Å². The van der Waals surface area contributed by atoms with Crippen LogP contribution in [-0.2, 0) is 6.54 Å². The average molecular weight is 292 g/mol. The molecule has 1 aromatic heterocycles. The second-order valence-electron chi connectivity index (χ2n) is 4.44. The predicted molar refractivity (Wildman–Crippen MR) is 78.8 cm³/mol. The van der Waals surface area contributed by atoms with Gasteiger partial charge in [-0.05, 0) is 24.3 Å². The number of carbonyl (C=O) groups excluding carboxylic acids is 1. The lowest BCUT2D eigenvalue weighted by atomic mass is 10.3. The van der Waals surface area contributed by atoms with Crippen molar-refractivity contribution >= 4 is 35.0 Å². The third kappa shape index (κ3) is 2.30. The van der Waals surface area contributed by atoms with Crippen molar-refractivity contribution in [3.8, 4) is 0 Å². The van der Waals surface area contributed by atoms with Crippen LogP contribution < -0.4 is 15.5 Å². The largest absolute Gasteiger partial charge is 0.341 e. The monoisotopic (exact) mass is 291 g/mol. The number of nitrogens with zero attached hydrogens (tertiary/aromatic N) is 3. The summed E-state index contributed by atoms with van der Waals surface area (Å²) in [6.45, 7) is 1.64.